The van der Waals surface area contributed by atoms with E-state index in [9.17, 15) is 9.65 Å². The van der Waals surface area contributed by atoms with Crippen molar-refractivity contribution in [1.29, 1.82) is 5.26 Å². The van der Waals surface area contributed by atoms with E-state index in [-0.39, 0.29) is 5.82 Å². The summed E-state index contributed by atoms with van der Waals surface area (Å²) in [4.78, 5) is 13.1. The van der Waals surface area contributed by atoms with Gasteiger partial charge in [-0.25, -0.2) is 14.4 Å². The van der Waals surface area contributed by atoms with Gasteiger partial charge in [-0.15, -0.1) is 0 Å². The highest BCUT2D eigenvalue weighted by Crippen LogP contribution is 2.34. The molecule has 9 heteroatoms. The lowest BCUT2D eigenvalue weighted by molar-refractivity contribution is 0.413. The van der Waals surface area contributed by atoms with Crippen LogP contribution in [0.2, 0.25) is 0 Å². The zero-order valence-electron chi connectivity index (χ0n) is 17.9. The number of hydrogen-bond donors (Lipinski definition) is 1. The van der Waals surface area contributed by atoms with E-state index in [4.69, 9.17) is 9.84 Å². The van der Waals surface area contributed by atoms with Crippen molar-refractivity contribution in [1.82, 2.24) is 24.7 Å². The molecule has 1 aliphatic carbocycles. The molecule has 3 heterocycles. The Hall–Kier alpha value is -4.32. The van der Waals surface area contributed by atoms with Crippen molar-refractivity contribution in [2.24, 2.45) is 0 Å². The number of benzene rings is 1. The molecule has 1 aliphatic rings. The first-order valence-electron chi connectivity index (χ1n) is 10.5. The Balaban J connectivity index is 1.54. The van der Waals surface area contributed by atoms with Crippen LogP contribution < -0.4 is 10.1 Å². The van der Waals surface area contributed by atoms with Gasteiger partial charge in [0.25, 0.3) is 0 Å². The molecular weight excluding hydrogens is 421 g/mol. The molecule has 0 radical (unpaired) electrons. The highest BCUT2D eigenvalue weighted by atomic mass is 19.1. The summed E-state index contributed by atoms with van der Waals surface area (Å²) in [6.45, 7) is 0.346. The summed E-state index contributed by atoms with van der Waals surface area (Å²) >= 11 is 0. The van der Waals surface area contributed by atoms with Crippen molar-refractivity contribution in [2.45, 2.75) is 25.8 Å². The molecule has 8 nitrogen and oxygen atoms in total. The molecule has 1 N–H and O–H groups in total. The molecule has 0 atom stereocenters. The fourth-order valence-electron chi connectivity index (χ4n) is 4.05. The second-order valence-electron chi connectivity index (χ2n) is 7.65. The second kappa shape index (κ2) is 8.67. The van der Waals surface area contributed by atoms with Crippen LogP contribution in [-0.4, -0.2) is 31.8 Å². The minimum Gasteiger partial charge on any atom is -0.491 e. The first-order chi connectivity index (χ1) is 16.2. The Bertz CT molecular complexity index is 1380. The molecule has 0 fully saturated rings. The molecule has 5 rings (SSSR count). The summed E-state index contributed by atoms with van der Waals surface area (Å²) in [6.07, 6.45) is 7.39. The van der Waals surface area contributed by atoms with Crippen LogP contribution in [0.1, 0.15) is 28.8 Å². The maximum atomic E-state index is 14.2. The van der Waals surface area contributed by atoms with Crippen LogP contribution in [0.5, 0.6) is 5.75 Å². The Labute approximate surface area is 189 Å². The highest BCUT2D eigenvalue weighted by molar-refractivity contribution is 5.69. The molecule has 0 amide bonds. The molecule has 3 aromatic heterocycles. The second-order valence-corrected chi connectivity index (χ2v) is 7.65. The molecule has 4 aromatic rings. The van der Waals surface area contributed by atoms with Crippen LogP contribution in [0.4, 0.5) is 15.9 Å². The summed E-state index contributed by atoms with van der Waals surface area (Å²) in [5, 5.41) is 17.3. The number of rotatable bonds is 6. The molecule has 0 unspecified atom stereocenters. The predicted molar refractivity (Wildman–Crippen MR) is 120 cm³/mol. The summed E-state index contributed by atoms with van der Waals surface area (Å²) in [5.74, 6) is 1.04. The van der Waals surface area contributed by atoms with Crippen molar-refractivity contribution >= 4 is 11.5 Å². The SMILES string of the molecule is COc1cnc(-c2nn(Cc3ccccc3F)c3c2CCC3)nc1Nc1ccncc1C#N. The lowest BCUT2D eigenvalue weighted by Gasteiger charge is -2.12. The highest BCUT2D eigenvalue weighted by Gasteiger charge is 2.26. The Morgan fingerprint density at radius 1 is 1.21 bits per heavy atom. The fourth-order valence-corrected chi connectivity index (χ4v) is 4.05. The van der Waals surface area contributed by atoms with Gasteiger partial charge in [0.2, 0.25) is 0 Å². The number of anilines is 2. The maximum absolute atomic E-state index is 14.2. The minimum atomic E-state index is -0.251. The number of pyridine rings is 1. The number of nitriles is 1. The summed E-state index contributed by atoms with van der Waals surface area (Å²) in [5.41, 5.74) is 4.38. The van der Waals surface area contributed by atoms with Gasteiger partial charge in [-0.2, -0.15) is 10.4 Å². The number of aromatic nitrogens is 5. The molecule has 164 valence electrons. The van der Waals surface area contributed by atoms with Crippen LogP contribution in [0.3, 0.4) is 0 Å². The predicted octanol–water partition coefficient (Wildman–Crippen LogP) is 4.04. The lowest BCUT2D eigenvalue weighted by atomic mass is 10.2. The maximum Gasteiger partial charge on any atom is 0.182 e. The number of nitrogens with one attached hydrogen (secondary N) is 1. The minimum absolute atomic E-state index is 0.251. The van der Waals surface area contributed by atoms with Gasteiger partial charge < -0.3 is 10.1 Å². The molecule has 33 heavy (non-hydrogen) atoms. The fraction of sp³-hybridized carbons (Fsp3) is 0.208. The van der Waals surface area contributed by atoms with Gasteiger partial charge in [0.1, 0.15) is 17.6 Å². The molecule has 0 spiro atoms. The first-order valence-corrected chi connectivity index (χ1v) is 10.5. The quantitative estimate of drug-likeness (QED) is 0.482. The van der Waals surface area contributed by atoms with E-state index in [1.807, 2.05) is 10.7 Å². The zero-order chi connectivity index (χ0) is 22.8. The van der Waals surface area contributed by atoms with Gasteiger partial charge in [0.05, 0.1) is 31.1 Å². The average molecular weight is 441 g/mol. The van der Waals surface area contributed by atoms with E-state index in [2.05, 4.69) is 26.3 Å². The molecule has 1 aromatic carbocycles. The van der Waals surface area contributed by atoms with E-state index in [0.29, 0.717) is 46.4 Å². The topological polar surface area (TPSA) is 102 Å². The molecule has 0 bridgehead atoms. The molecule has 0 aliphatic heterocycles. The van der Waals surface area contributed by atoms with E-state index < -0.39 is 0 Å². The average Bonchev–Trinajstić information content (AvgIpc) is 3.45. The van der Waals surface area contributed by atoms with E-state index in [0.717, 1.165) is 30.5 Å². The van der Waals surface area contributed by atoms with Crippen molar-refractivity contribution in [3.05, 3.63) is 77.1 Å². The molecule has 0 saturated heterocycles. The normalized spacial score (nSPS) is 12.3. The van der Waals surface area contributed by atoms with Crippen LogP contribution in [-0.2, 0) is 19.4 Å². The largest absolute Gasteiger partial charge is 0.491 e. The smallest absolute Gasteiger partial charge is 0.182 e. The molecular formula is C24H20FN7O. The van der Waals surface area contributed by atoms with Crippen molar-refractivity contribution in [3.8, 4) is 23.3 Å². The standard InChI is InChI=1S/C24H20FN7O/c1-33-21-13-28-24(30-23(21)29-19-9-10-27-12-16(19)11-26)22-17-6-4-8-20(17)32(31-22)14-15-5-2-3-7-18(15)25/h2-3,5,7,9-10,12-13H,4,6,8,14H2,1H3,(H,27,28,29,30). The van der Waals surface area contributed by atoms with Gasteiger partial charge >= 0.3 is 0 Å². The number of fused-ring (bicyclic) bond motifs is 1. The zero-order valence-corrected chi connectivity index (χ0v) is 17.9. The Kier molecular flexibility index (Phi) is 5.40. The van der Waals surface area contributed by atoms with Gasteiger partial charge in [0.15, 0.2) is 17.4 Å². The van der Waals surface area contributed by atoms with Crippen LogP contribution in [0.15, 0.2) is 48.9 Å². The number of halogens is 1. The Morgan fingerprint density at radius 3 is 2.91 bits per heavy atom. The summed E-state index contributed by atoms with van der Waals surface area (Å²) in [7, 11) is 1.53. The lowest BCUT2D eigenvalue weighted by Crippen LogP contribution is -2.07. The van der Waals surface area contributed by atoms with Crippen molar-refractivity contribution in [3.63, 3.8) is 0 Å². The van der Waals surface area contributed by atoms with Gasteiger partial charge in [-0.05, 0) is 31.4 Å². The third-order valence-electron chi connectivity index (χ3n) is 5.67. The third kappa shape index (κ3) is 3.87. The summed E-state index contributed by atoms with van der Waals surface area (Å²) in [6, 6.07) is 10.5. The number of methoxy groups -OCH3 is 1. The number of ether oxygens (including phenoxy) is 1. The van der Waals surface area contributed by atoms with Crippen molar-refractivity contribution in [2.75, 3.05) is 12.4 Å². The third-order valence-corrected chi connectivity index (χ3v) is 5.67. The van der Waals surface area contributed by atoms with E-state index in [1.54, 1.807) is 30.6 Å². The first kappa shape index (κ1) is 20.6. The number of hydrogen-bond acceptors (Lipinski definition) is 7. The Morgan fingerprint density at radius 2 is 2.09 bits per heavy atom. The van der Waals surface area contributed by atoms with Gasteiger partial charge in [-0.1, -0.05) is 18.2 Å². The monoisotopic (exact) mass is 441 g/mol. The number of nitrogens with zero attached hydrogens (tertiary/aromatic N) is 6. The van der Waals surface area contributed by atoms with Crippen LogP contribution in [0.25, 0.3) is 11.5 Å². The van der Waals surface area contributed by atoms with Gasteiger partial charge in [0, 0.05) is 29.2 Å². The molecule has 0 saturated carbocycles. The van der Waals surface area contributed by atoms with Crippen LogP contribution in [0, 0.1) is 17.1 Å². The van der Waals surface area contributed by atoms with E-state index >= 15 is 0 Å². The van der Waals surface area contributed by atoms with E-state index in [1.165, 1.54) is 19.4 Å². The van der Waals surface area contributed by atoms with Gasteiger partial charge in [-0.3, -0.25) is 9.67 Å². The van der Waals surface area contributed by atoms with Crippen LogP contribution >= 0.6 is 0 Å². The van der Waals surface area contributed by atoms with Crippen molar-refractivity contribution < 1.29 is 9.13 Å². The summed E-state index contributed by atoms with van der Waals surface area (Å²) < 4.78 is 21.5.